The molecular weight excluding hydrogens is 98.2 g/mol. The lowest BCUT2D eigenvalue weighted by molar-refractivity contribution is 0.677. The lowest BCUT2D eigenvalue weighted by Crippen LogP contribution is -1.86. The van der Waals surface area contributed by atoms with Gasteiger partial charge in [0.25, 0.3) is 0 Å². The summed E-state index contributed by atoms with van der Waals surface area (Å²) in [5.41, 5.74) is 1.77. The Balaban J connectivity index is 2.48. The molecule has 2 nitrogen and oxygen atoms in total. The minimum absolute atomic E-state index is 0.0833. The third-order valence-electron chi connectivity index (χ3n) is 0.0967. The molecule has 0 saturated heterocycles. The molecule has 0 aromatic carbocycles. The van der Waals surface area contributed by atoms with Crippen LogP contribution in [0.2, 0.25) is 0 Å². The second-order valence-electron chi connectivity index (χ2n) is 0.316. The molecule has 0 amide bonds. The van der Waals surface area contributed by atoms with Crippen molar-refractivity contribution in [2.75, 3.05) is 0 Å². The second-order valence-corrected chi connectivity index (χ2v) is 1.56. The topological polar surface area (TPSA) is 33.0 Å². The Hall–Kier alpha value is -0.116. The minimum Gasteiger partial charge on any atom is -0.446 e. The summed E-state index contributed by atoms with van der Waals surface area (Å²) in [6, 6.07) is 0. The van der Waals surface area contributed by atoms with E-state index >= 15 is 0 Å². The summed E-state index contributed by atoms with van der Waals surface area (Å²) in [6.07, 6.45) is 0. The lowest BCUT2D eigenvalue weighted by Gasteiger charge is -1.69. The Bertz CT molecular complexity index is 48.1. The maximum atomic E-state index is 7.67. The maximum Gasteiger partial charge on any atom is 0.360 e. The van der Waals surface area contributed by atoms with Crippen molar-refractivity contribution in [3.63, 3.8) is 0 Å². The van der Waals surface area contributed by atoms with E-state index in [-0.39, 0.29) is 9.76 Å². The van der Waals surface area contributed by atoms with E-state index in [4.69, 9.17) is 5.26 Å². The summed E-state index contributed by atoms with van der Waals surface area (Å²) in [5.74, 6) is 0. The summed E-state index contributed by atoms with van der Waals surface area (Å²) in [4.78, 5) is 0. The van der Waals surface area contributed by atoms with Gasteiger partial charge in [-0.2, -0.15) is 0 Å². The molecule has 0 spiro atoms. The van der Waals surface area contributed by atoms with Crippen molar-refractivity contribution in [2.45, 2.75) is 0 Å². The van der Waals surface area contributed by atoms with E-state index in [0.717, 1.165) is 0 Å². The van der Waals surface area contributed by atoms with Gasteiger partial charge in [-0.05, 0) is 0 Å². The van der Waals surface area contributed by atoms with Crippen LogP contribution < -0.4 is 0 Å². The van der Waals surface area contributed by atoms with Crippen LogP contribution >= 0.6 is 0 Å². The summed E-state index contributed by atoms with van der Waals surface area (Å²) in [7, 11) is 2.56. The quantitative estimate of drug-likeness (QED) is 0.402. The van der Waals surface area contributed by atoms with Crippen LogP contribution in [0.25, 0.3) is 0 Å². The average molecular weight is 98.2 g/mol. The molecule has 0 aliphatic carbocycles. The van der Waals surface area contributed by atoms with Crippen molar-refractivity contribution in [1.82, 2.24) is 0 Å². The third-order valence-corrected chi connectivity index (χ3v) is 0.596. The zero-order valence-corrected chi connectivity index (χ0v) is 4.36. The number of hydrogen-bond acceptors (Lipinski definition) is 2. The Morgan fingerprint density at radius 2 is 2.60 bits per heavy atom. The van der Waals surface area contributed by atoms with E-state index in [0.29, 0.717) is 0 Å². The molecule has 23 valence electrons. The Morgan fingerprint density at radius 1 is 2.00 bits per heavy atom. The SMILES string of the molecule is N#C[Si]O[Si]. The van der Waals surface area contributed by atoms with Gasteiger partial charge < -0.3 is 4.12 Å². The molecule has 0 atom stereocenters. The zero-order chi connectivity index (χ0) is 4.12. The van der Waals surface area contributed by atoms with Gasteiger partial charge >= 0.3 is 9.76 Å². The monoisotopic (exact) mass is 98.0 g/mol. The van der Waals surface area contributed by atoms with Gasteiger partial charge in [0.15, 0.2) is 0 Å². The molecule has 0 unspecified atom stereocenters. The molecule has 0 aliphatic heterocycles. The first-order chi connectivity index (χ1) is 2.41. The molecule has 5 radical (unpaired) electrons. The maximum absolute atomic E-state index is 7.67. The Kier molecular flexibility index (Phi) is 3.79. The molecule has 4 heteroatoms. The fraction of sp³-hybridized carbons (Fsp3) is 0. The molecule has 0 fully saturated rings. The van der Waals surface area contributed by atoms with Gasteiger partial charge in [-0.15, -0.1) is 0 Å². The van der Waals surface area contributed by atoms with Crippen molar-refractivity contribution in [3.8, 4) is 5.69 Å². The highest BCUT2D eigenvalue weighted by atomic mass is 28.3. The zero-order valence-electron chi connectivity index (χ0n) is 2.36. The van der Waals surface area contributed by atoms with Crippen LogP contribution in [0.15, 0.2) is 0 Å². The van der Waals surface area contributed by atoms with Crippen molar-refractivity contribution in [1.29, 1.82) is 5.26 Å². The summed E-state index contributed by atoms with van der Waals surface area (Å²) in [6.45, 7) is 0. The molecule has 0 rings (SSSR count). The molecule has 0 aromatic rings. The van der Waals surface area contributed by atoms with Crippen LogP contribution in [-0.4, -0.2) is 20.2 Å². The predicted octanol–water partition coefficient (Wildman–Crippen LogP) is -0.813. The van der Waals surface area contributed by atoms with Gasteiger partial charge in [0.2, 0.25) is 10.5 Å². The standard InChI is InChI=1S/CNOSi2/c2-1-5-3-4. The highest BCUT2D eigenvalue weighted by Gasteiger charge is 1.71. The molecule has 0 aromatic heterocycles. The summed E-state index contributed by atoms with van der Waals surface area (Å²) in [5, 5.41) is 7.67. The first-order valence-electron chi connectivity index (χ1n) is 0.882. The van der Waals surface area contributed by atoms with Crippen molar-refractivity contribution < 1.29 is 4.12 Å². The average Bonchev–Trinajstić information content (AvgIpc) is 1.41. The largest absolute Gasteiger partial charge is 0.446 e. The van der Waals surface area contributed by atoms with Crippen LogP contribution in [0.1, 0.15) is 0 Å². The van der Waals surface area contributed by atoms with E-state index in [1.807, 2.05) is 0 Å². The van der Waals surface area contributed by atoms with Gasteiger partial charge in [-0.25, -0.2) is 5.26 Å². The summed E-state index contributed by atoms with van der Waals surface area (Å²) >= 11 is 0. The van der Waals surface area contributed by atoms with Crippen LogP contribution in [0.5, 0.6) is 0 Å². The van der Waals surface area contributed by atoms with Gasteiger partial charge in [0.05, 0.1) is 5.69 Å². The van der Waals surface area contributed by atoms with Crippen LogP contribution in [0.3, 0.4) is 0 Å². The fourth-order valence-corrected chi connectivity index (χ4v) is 0.205. The van der Waals surface area contributed by atoms with Crippen molar-refractivity contribution in [3.05, 3.63) is 0 Å². The van der Waals surface area contributed by atoms with Crippen LogP contribution in [-0.2, 0) is 4.12 Å². The first kappa shape index (κ1) is 4.88. The number of rotatable bonds is 1. The van der Waals surface area contributed by atoms with E-state index in [1.54, 1.807) is 5.69 Å². The molecule has 0 aliphatic rings. The van der Waals surface area contributed by atoms with Gasteiger partial charge in [0.1, 0.15) is 0 Å². The number of hydrogen-bond donors (Lipinski definition) is 0. The number of nitrogens with zero attached hydrogens (tertiary/aromatic N) is 1. The normalized spacial score (nSPS) is 6.40. The second kappa shape index (κ2) is 3.88. The highest BCUT2D eigenvalue weighted by Crippen LogP contribution is 1.46. The highest BCUT2D eigenvalue weighted by molar-refractivity contribution is 6.42. The van der Waals surface area contributed by atoms with Crippen molar-refractivity contribution >= 4 is 20.2 Å². The molecule has 0 heterocycles. The molecule has 0 bridgehead atoms. The van der Waals surface area contributed by atoms with Crippen LogP contribution in [0.4, 0.5) is 0 Å². The van der Waals surface area contributed by atoms with E-state index in [9.17, 15) is 0 Å². The molecule has 0 N–H and O–H groups in total. The summed E-state index contributed by atoms with van der Waals surface area (Å²) < 4.78 is 4.16. The smallest absolute Gasteiger partial charge is 0.360 e. The number of nitriles is 1. The van der Waals surface area contributed by atoms with Crippen molar-refractivity contribution in [2.24, 2.45) is 0 Å². The van der Waals surface area contributed by atoms with Crippen LogP contribution in [0, 0.1) is 11.0 Å². The van der Waals surface area contributed by atoms with E-state index < -0.39 is 0 Å². The van der Waals surface area contributed by atoms with Gasteiger partial charge in [-0.3, -0.25) is 0 Å². The van der Waals surface area contributed by atoms with E-state index in [2.05, 4.69) is 14.6 Å². The van der Waals surface area contributed by atoms with Gasteiger partial charge in [0, 0.05) is 0 Å². The minimum atomic E-state index is -0.0833. The van der Waals surface area contributed by atoms with E-state index in [1.165, 1.54) is 0 Å². The predicted molar refractivity (Wildman–Crippen MR) is 18.2 cm³/mol. The Labute approximate surface area is 36.2 Å². The third kappa shape index (κ3) is 3.88. The van der Waals surface area contributed by atoms with Gasteiger partial charge in [-0.1, -0.05) is 0 Å². The molecular formula is CNOSi2. The molecule has 5 heavy (non-hydrogen) atoms. The first-order valence-corrected chi connectivity index (χ1v) is 2.20. The molecule has 0 saturated carbocycles. The Morgan fingerprint density at radius 3 is 2.60 bits per heavy atom. The fourth-order valence-electron chi connectivity index (χ4n) is 0.0228. The lowest BCUT2D eigenvalue weighted by atomic mass is 11.8.